The summed E-state index contributed by atoms with van der Waals surface area (Å²) in [6.45, 7) is 8.10. The highest BCUT2D eigenvalue weighted by Gasteiger charge is 2.45. The molecular formula is C23H32N2O5S. The van der Waals surface area contributed by atoms with Crippen LogP contribution >= 0.6 is 0 Å². The number of hydrogen-bond acceptors (Lipinski definition) is 6. The van der Waals surface area contributed by atoms with E-state index >= 15 is 0 Å². The molecule has 3 aliphatic rings. The van der Waals surface area contributed by atoms with E-state index in [0.29, 0.717) is 29.0 Å². The van der Waals surface area contributed by atoms with Gasteiger partial charge in [0.1, 0.15) is 5.60 Å². The first-order chi connectivity index (χ1) is 14.6. The second-order valence-electron chi connectivity index (χ2n) is 9.96. The first kappa shape index (κ1) is 22.1. The molecule has 1 aromatic carbocycles. The number of rotatable bonds is 4. The second-order valence-corrected chi connectivity index (χ2v) is 11.7. The molecule has 2 heterocycles. The van der Waals surface area contributed by atoms with Crippen LogP contribution in [0.4, 0.5) is 10.5 Å². The Hall–Kier alpha value is -2.09. The zero-order valence-corrected chi connectivity index (χ0v) is 19.6. The van der Waals surface area contributed by atoms with Gasteiger partial charge in [0.2, 0.25) is 0 Å². The predicted molar refractivity (Wildman–Crippen MR) is 119 cm³/mol. The van der Waals surface area contributed by atoms with E-state index in [1.807, 2.05) is 26.8 Å². The highest BCUT2D eigenvalue weighted by atomic mass is 32.2. The van der Waals surface area contributed by atoms with Gasteiger partial charge in [0.25, 0.3) is 0 Å². The Kier molecular flexibility index (Phi) is 5.79. The van der Waals surface area contributed by atoms with Gasteiger partial charge in [-0.3, -0.25) is 4.21 Å². The molecule has 1 amide bonds. The number of likely N-dealkylation sites (tertiary alicyclic amines) is 1. The molecule has 0 radical (unpaired) electrons. The Balaban J connectivity index is 1.47. The van der Waals surface area contributed by atoms with Crippen molar-refractivity contribution in [2.24, 2.45) is 5.41 Å². The van der Waals surface area contributed by atoms with Crippen LogP contribution in [0.1, 0.15) is 56.8 Å². The van der Waals surface area contributed by atoms with Crippen molar-refractivity contribution in [2.45, 2.75) is 62.2 Å². The van der Waals surface area contributed by atoms with Crippen molar-refractivity contribution in [2.75, 3.05) is 38.2 Å². The predicted octanol–water partition coefficient (Wildman–Crippen LogP) is 3.58. The number of methoxy groups -OCH3 is 1. The van der Waals surface area contributed by atoms with Crippen LogP contribution in [0.2, 0.25) is 0 Å². The van der Waals surface area contributed by atoms with Gasteiger partial charge in [0.05, 0.1) is 34.4 Å². The maximum absolute atomic E-state index is 13.2. The lowest BCUT2D eigenvalue weighted by Gasteiger charge is -2.39. The average molecular weight is 449 g/mol. The molecule has 1 aromatic rings. The van der Waals surface area contributed by atoms with Gasteiger partial charge in [-0.25, -0.2) is 9.59 Å². The Morgan fingerprint density at radius 3 is 2.29 bits per heavy atom. The lowest BCUT2D eigenvalue weighted by atomic mass is 9.93. The number of amides is 1. The molecule has 2 saturated heterocycles. The molecule has 0 aromatic heterocycles. The van der Waals surface area contributed by atoms with Crippen LogP contribution < -0.4 is 4.90 Å². The van der Waals surface area contributed by atoms with Gasteiger partial charge in [-0.2, -0.15) is 0 Å². The fourth-order valence-corrected chi connectivity index (χ4v) is 5.77. The highest BCUT2D eigenvalue weighted by molar-refractivity contribution is 7.85. The molecule has 1 saturated carbocycles. The summed E-state index contributed by atoms with van der Waals surface area (Å²) in [5.74, 6) is -0.376. The topological polar surface area (TPSA) is 76.2 Å². The molecule has 2 aliphatic heterocycles. The summed E-state index contributed by atoms with van der Waals surface area (Å²) in [4.78, 5) is 29.0. The standard InChI is InChI=1S/C23H32N2O5S/c1-22(2,3)30-21(27)25-14-17(15-25)31(28)16-5-6-18(20(26)29-4)19(13-16)24-11-9-23(7-8-23)10-12-24/h5-6,13,17H,7-12,14-15H2,1-4H3. The minimum atomic E-state index is -1.27. The summed E-state index contributed by atoms with van der Waals surface area (Å²) in [6.07, 6.45) is 4.52. The second kappa shape index (κ2) is 8.11. The van der Waals surface area contributed by atoms with Crippen LogP contribution in [-0.4, -0.2) is 65.3 Å². The van der Waals surface area contributed by atoms with Gasteiger partial charge < -0.3 is 19.3 Å². The summed E-state index contributed by atoms with van der Waals surface area (Å²) in [5, 5.41) is -0.138. The Morgan fingerprint density at radius 1 is 1.10 bits per heavy atom. The summed E-state index contributed by atoms with van der Waals surface area (Å²) in [7, 11) is 0.111. The summed E-state index contributed by atoms with van der Waals surface area (Å²) >= 11 is 0. The van der Waals surface area contributed by atoms with Crippen LogP contribution in [0.3, 0.4) is 0 Å². The number of carbonyl (C=O) groups is 2. The number of carbonyl (C=O) groups excluding carboxylic acids is 2. The smallest absolute Gasteiger partial charge is 0.410 e. The van der Waals surface area contributed by atoms with E-state index in [0.717, 1.165) is 31.6 Å². The number of esters is 1. The number of hydrogen-bond donors (Lipinski definition) is 0. The average Bonchev–Trinajstić information content (AvgIpc) is 3.43. The number of nitrogens with zero attached hydrogens (tertiary/aromatic N) is 2. The van der Waals surface area contributed by atoms with Crippen molar-refractivity contribution >= 4 is 28.5 Å². The largest absolute Gasteiger partial charge is 0.465 e. The quantitative estimate of drug-likeness (QED) is 0.656. The molecule has 31 heavy (non-hydrogen) atoms. The first-order valence-electron chi connectivity index (χ1n) is 11.0. The molecular weight excluding hydrogens is 416 g/mol. The van der Waals surface area contributed by atoms with E-state index in [1.165, 1.54) is 20.0 Å². The number of ether oxygens (including phenoxy) is 2. The van der Waals surface area contributed by atoms with Crippen molar-refractivity contribution in [3.8, 4) is 0 Å². The van der Waals surface area contributed by atoms with Crippen molar-refractivity contribution < 1.29 is 23.3 Å². The van der Waals surface area contributed by atoms with E-state index in [2.05, 4.69) is 4.90 Å². The molecule has 7 nitrogen and oxygen atoms in total. The fourth-order valence-electron chi connectivity index (χ4n) is 4.32. The molecule has 4 rings (SSSR count). The third-order valence-corrected chi connectivity index (χ3v) is 8.15. The first-order valence-corrected chi connectivity index (χ1v) is 12.2. The molecule has 1 unspecified atom stereocenters. The molecule has 8 heteroatoms. The Labute approximate surface area is 186 Å². The maximum Gasteiger partial charge on any atom is 0.410 e. The van der Waals surface area contributed by atoms with Crippen LogP contribution in [0, 0.1) is 5.41 Å². The van der Waals surface area contributed by atoms with Crippen molar-refractivity contribution in [3.63, 3.8) is 0 Å². The van der Waals surface area contributed by atoms with Gasteiger partial charge in [-0.05, 0) is 70.1 Å². The maximum atomic E-state index is 13.2. The molecule has 1 atom stereocenters. The van der Waals surface area contributed by atoms with Crippen LogP contribution in [-0.2, 0) is 20.3 Å². The van der Waals surface area contributed by atoms with E-state index < -0.39 is 16.4 Å². The number of anilines is 1. The third-order valence-electron chi connectivity index (χ3n) is 6.53. The minimum absolute atomic E-state index is 0.138. The van der Waals surface area contributed by atoms with E-state index in [9.17, 15) is 13.8 Å². The lowest BCUT2D eigenvalue weighted by molar-refractivity contribution is 0.0141. The monoisotopic (exact) mass is 448 g/mol. The summed E-state index contributed by atoms with van der Waals surface area (Å²) < 4.78 is 23.5. The van der Waals surface area contributed by atoms with Gasteiger partial charge in [-0.1, -0.05) is 0 Å². The van der Waals surface area contributed by atoms with E-state index in [1.54, 1.807) is 17.0 Å². The lowest BCUT2D eigenvalue weighted by Crippen LogP contribution is -2.56. The highest BCUT2D eigenvalue weighted by Crippen LogP contribution is 2.54. The number of benzene rings is 1. The molecule has 1 spiro atoms. The van der Waals surface area contributed by atoms with Gasteiger partial charge in [0, 0.05) is 31.1 Å². The van der Waals surface area contributed by atoms with Crippen molar-refractivity contribution in [1.29, 1.82) is 0 Å². The molecule has 3 fully saturated rings. The zero-order valence-electron chi connectivity index (χ0n) is 18.8. The van der Waals surface area contributed by atoms with Crippen LogP contribution in [0.25, 0.3) is 0 Å². The van der Waals surface area contributed by atoms with Gasteiger partial charge >= 0.3 is 12.1 Å². The molecule has 0 bridgehead atoms. The Bertz CT molecular complexity index is 890. The fraction of sp³-hybridized carbons (Fsp3) is 0.652. The Morgan fingerprint density at radius 2 is 1.74 bits per heavy atom. The summed E-state index contributed by atoms with van der Waals surface area (Å²) in [6, 6.07) is 5.35. The third kappa shape index (κ3) is 4.73. The molecule has 0 N–H and O–H groups in total. The normalized spacial score (nSPS) is 21.4. The molecule has 1 aliphatic carbocycles. The van der Waals surface area contributed by atoms with E-state index in [-0.39, 0.29) is 17.3 Å². The van der Waals surface area contributed by atoms with E-state index in [4.69, 9.17) is 9.47 Å². The SMILES string of the molecule is COC(=O)c1ccc(S(=O)C2CN(C(=O)OC(C)(C)C)C2)cc1N1CCC2(CC1)CC2. The van der Waals surface area contributed by atoms with Crippen molar-refractivity contribution in [3.05, 3.63) is 23.8 Å². The number of piperidine rings is 1. The van der Waals surface area contributed by atoms with Gasteiger partial charge in [0.15, 0.2) is 0 Å². The van der Waals surface area contributed by atoms with Crippen molar-refractivity contribution in [1.82, 2.24) is 4.90 Å². The van der Waals surface area contributed by atoms with Crippen LogP contribution in [0.15, 0.2) is 23.1 Å². The summed E-state index contributed by atoms with van der Waals surface area (Å²) in [5.41, 5.74) is 1.29. The van der Waals surface area contributed by atoms with Crippen LogP contribution in [0.5, 0.6) is 0 Å². The van der Waals surface area contributed by atoms with Gasteiger partial charge in [-0.15, -0.1) is 0 Å². The molecule has 170 valence electrons. The zero-order chi connectivity index (χ0) is 22.4. The minimum Gasteiger partial charge on any atom is -0.465 e.